The van der Waals surface area contributed by atoms with Crippen molar-refractivity contribution >= 4 is 28.2 Å². The van der Waals surface area contributed by atoms with E-state index in [2.05, 4.69) is 10.3 Å². The molecule has 5 heteroatoms. The normalized spacial score (nSPS) is 11.2. The lowest BCUT2D eigenvalue weighted by Gasteiger charge is -2.15. The highest BCUT2D eigenvalue weighted by Gasteiger charge is 2.22. The highest BCUT2D eigenvalue weighted by molar-refractivity contribution is 7.14. The van der Waals surface area contributed by atoms with E-state index in [1.165, 1.54) is 18.3 Å². The molecule has 0 aromatic carbocycles. The second kappa shape index (κ2) is 4.10. The summed E-state index contributed by atoms with van der Waals surface area (Å²) in [6.45, 7) is 6.91. The molecule has 0 aliphatic heterocycles. The van der Waals surface area contributed by atoms with Gasteiger partial charge in [-0.2, -0.15) is 0 Å². The molecule has 1 N–H and O–H groups in total. The second-order valence-electron chi connectivity index (χ2n) is 4.30. The molecule has 1 rings (SSSR count). The van der Waals surface area contributed by atoms with Gasteiger partial charge in [-0.05, 0) is 0 Å². The summed E-state index contributed by atoms with van der Waals surface area (Å²) >= 11 is 1.26. The average molecular weight is 226 g/mol. The number of rotatable bonds is 2. The molecule has 0 atom stereocenters. The van der Waals surface area contributed by atoms with Crippen molar-refractivity contribution in [3.8, 4) is 0 Å². The van der Waals surface area contributed by atoms with Gasteiger partial charge in [0.25, 0.3) is 0 Å². The fourth-order valence-electron chi connectivity index (χ4n) is 0.777. The lowest BCUT2D eigenvalue weighted by Crippen LogP contribution is -2.27. The van der Waals surface area contributed by atoms with Crippen LogP contribution in [0.15, 0.2) is 5.38 Å². The Morgan fingerprint density at radius 3 is 2.40 bits per heavy atom. The van der Waals surface area contributed by atoms with Crippen LogP contribution in [0.2, 0.25) is 0 Å². The van der Waals surface area contributed by atoms with Gasteiger partial charge < -0.3 is 5.32 Å². The molecular weight excluding hydrogens is 212 g/mol. The molecule has 0 spiro atoms. The van der Waals surface area contributed by atoms with Gasteiger partial charge in [-0.1, -0.05) is 20.8 Å². The molecule has 1 heterocycles. The van der Waals surface area contributed by atoms with Crippen LogP contribution < -0.4 is 5.32 Å². The van der Waals surface area contributed by atoms with E-state index in [0.29, 0.717) is 10.8 Å². The second-order valence-corrected chi connectivity index (χ2v) is 5.16. The third kappa shape index (κ3) is 3.13. The van der Waals surface area contributed by atoms with E-state index in [9.17, 15) is 9.59 Å². The van der Waals surface area contributed by atoms with Gasteiger partial charge in [0.05, 0.1) is 0 Å². The van der Waals surface area contributed by atoms with Gasteiger partial charge in [0, 0.05) is 17.7 Å². The van der Waals surface area contributed by atoms with E-state index in [1.807, 2.05) is 20.8 Å². The van der Waals surface area contributed by atoms with E-state index < -0.39 is 5.41 Å². The monoisotopic (exact) mass is 226 g/mol. The highest BCUT2D eigenvalue weighted by Crippen LogP contribution is 2.20. The summed E-state index contributed by atoms with van der Waals surface area (Å²) in [6, 6.07) is 0. The number of nitrogens with zero attached hydrogens (tertiary/aromatic N) is 1. The van der Waals surface area contributed by atoms with Crippen LogP contribution in [0.25, 0.3) is 0 Å². The van der Waals surface area contributed by atoms with Crippen molar-refractivity contribution in [3.05, 3.63) is 11.1 Å². The Bertz CT molecular complexity index is 390. The number of amides is 1. The summed E-state index contributed by atoms with van der Waals surface area (Å²) in [6.07, 6.45) is 0. The molecule has 0 saturated carbocycles. The number of hydrogen-bond donors (Lipinski definition) is 1. The standard InChI is InChI=1S/C10H14N2O2S/c1-6(13)7-5-15-9(11-7)12-8(14)10(2,3)4/h5H,1-4H3,(H,11,12,14). The van der Waals surface area contributed by atoms with Gasteiger partial charge in [-0.25, -0.2) is 4.98 Å². The topological polar surface area (TPSA) is 59.1 Å². The van der Waals surface area contributed by atoms with Gasteiger partial charge in [0.2, 0.25) is 5.91 Å². The first-order valence-corrected chi connectivity index (χ1v) is 5.46. The van der Waals surface area contributed by atoms with Gasteiger partial charge in [0.15, 0.2) is 10.9 Å². The van der Waals surface area contributed by atoms with Crippen molar-refractivity contribution in [2.45, 2.75) is 27.7 Å². The summed E-state index contributed by atoms with van der Waals surface area (Å²) < 4.78 is 0. The number of hydrogen-bond acceptors (Lipinski definition) is 4. The first-order valence-electron chi connectivity index (χ1n) is 4.58. The molecule has 1 aromatic rings. The Balaban J connectivity index is 2.74. The molecule has 0 fully saturated rings. The minimum atomic E-state index is -0.456. The molecule has 1 aromatic heterocycles. The smallest absolute Gasteiger partial charge is 0.231 e. The first kappa shape index (κ1) is 11.8. The van der Waals surface area contributed by atoms with Crippen molar-refractivity contribution < 1.29 is 9.59 Å². The zero-order chi connectivity index (χ0) is 11.6. The number of carbonyl (C=O) groups excluding carboxylic acids is 2. The van der Waals surface area contributed by atoms with E-state index in [4.69, 9.17) is 0 Å². The highest BCUT2D eigenvalue weighted by atomic mass is 32.1. The van der Waals surface area contributed by atoms with Crippen LogP contribution in [-0.4, -0.2) is 16.7 Å². The van der Waals surface area contributed by atoms with E-state index in [1.54, 1.807) is 5.38 Å². The van der Waals surface area contributed by atoms with Crippen LogP contribution >= 0.6 is 11.3 Å². The summed E-state index contributed by atoms with van der Waals surface area (Å²) in [7, 11) is 0. The maximum absolute atomic E-state index is 11.6. The first-order chi connectivity index (χ1) is 6.80. The Morgan fingerprint density at radius 2 is 2.00 bits per heavy atom. The lowest BCUT2D eigenvalue weighted by atomic mass is 9.96. The molecule has 0 bridgehead atoms. The maximum Gasteiger partial charge on any atom is 0.231 e. The lowest BCUT2D eigenvalue weighted by molar-refractivity contribution is -0.123. The molecule has 0 aliphatic carbocycles. The van der Waals surface area contributed by atoms with Crippen LogP contribution in [0.5, 0.6) is 0 Å². The summed E-state index contributed by atoms with van der Waals surface area (Å²) in [4.78, 5) is 26.6. The van der Waals surface area contributed by atoms with Crippen molar-refractivity contribution in [1.82, 2.24) is 4.98 Å². The molecule has 82 valence electrons. The number of carbonyl (C=O) groups is 2. The van der Waals surface area contributed by atoms with Crippen LogP contribution in [0, 0.1) is 5.41 Å². The zero-order valence-corrected chi connectivity index (χ0v) is 10.1. The van der Waals surface area contributed by atoms with Crippen LogP contribution in [0.4, 0.5) is 5.13 Å². The van der Waals surface area contributed by atoms with Gasteiger partial charge >= 0.3 is 0 Å². The van der Waals surface area contributed by atoms with E-state index in [-0.39, 0.29) is 11.7 Å². The Hall–Kier alpha value is -1.23. The Kier molecular flexibility index (Phi) is 3.24. The van der Waals surface area contributed by atoms with Gasteiger partial charge in [-0.15, -0.1) is 11.3 Å². The molecule has 0 radical (unpaired) electrons. The van der Waals surface area contributed by atoms with Crippen molar-refractivity contribution in [2.24, 2.45) is 5.41 Å². The largest absolute Gasteiger partial charge is 0.302 e. The summed E-state index contributed by atoms with van der Waals surface area (Å²) in [5.41, 5.74) is -0.0635. The quantitative estimate of drug-likeness (QED) is 0.787. The number of aromatic nitrogens is 1. The van der Waals surface area contributed by atoms with Crippen molar-refractivity contribution in [3.63, 3.8) is 0 Å². The third-order valence-corrected chi connectivity index (χ3v) is 2.52. The van der Waals surface area contributed by atoms with Crippen LogP contribution in [0.3, 0.4) is 0 Å². The van der Waals surface area contributed by atoms with Crippen LogP contribution in [0.1, 0.15) is 38.2 Å². The average Bonchev–Trinajstić information content (AvgIpc) is 2.50. The van der Waals surface area contributed by atoms with Gasteiger partial charge in [0.1, 0.15) is 5.69 Å². The van der Waals surface area contributed by atoms with Crippen molar-refractivity contribution in [2.75, 3.05) is 5.32 Å². The number of Topliss-reactive ketones (excluding diaryl/α,β-unsaturated/α-hetero) is 1. The third-order valence-electron chi connectivity index (χ3n) is 1.77. The molecule has 1 amide bonds. The number of nitrogens with one attached hydrogen (secondary N) is 1. The minimum absolute atomic E-state index is 0.0949. The Labute approximate surface area is 92.7 Å². The van der Waals surface area contributed by atoms with Gasteiger partial charge in [-0.3, -0.25) is 9.59 Å². The molecule has 15 heavy (non-hydrogen) atoms. The summed E-state index contributed by atoms with van der Waals surface area (Å²) in [5, 5.41) is 4.79. The predicted octanol–water partition coefficient (Wildman–Crippen LogP) is 2.33. The number of anilines is 1. The SMILES string of the molecule is CC(=O)c1csc(NC(=O)C(C)(C)C)n1. The molecule has 0 saturated heterocycles. The van der Waals surface area contributed by atoms with E-state index >= 15 is 0 Å². The van der Waals surface area contributed by atoms with E-state index in [0.717, 1.165) is 0 Å². The van der Waals surface area contributed by atoms with Crippen molar-refractivity contribution in [1.29, 1.82) is 0 Å². The predicted molar refractivity (Wildman–Crippen MR) is 60.2 cm³/mol. The molecular formula is C10H14N2O2S. The number of thiazole rings is 1. The summed E-state index contributed by atoms with van der Waals surface area (Å²) in [5.74, 6) is -0.200. The maximum atomic E-state index is 11.6. The van der Waals surface area contributed by atoms with Crippen LogP contribution in [-0.2, 0) is 4.79 Å². The zero-order valence-electron chi connectivity index (χ0n) is 9.25. The molecule has 0 aliphatic rings. The fourth-order valence-corrected chi connectivity index (χ4v) is 1.52. The Morgan fingerprint density at radius 1 is 1.40 bits per heavy atom. The minimum Gasteiger partial charge on any atom is -0.302 e. The number of ketones is 1. The molecule has 0 unspecified atom stereocenters. The molecule has 4 nitrogen and oxygen atoms in total. The fraction of sp³-hybridized carbons (Fsp3) is 0.500.